The van der Waals surface area contributed by atoms with Gasteiger partial charge in [0.15, 0.2) is 0 Å². The standard InChI is InChI=1S/C13H14INO/c1-8-2-3-10(4-11(8)14)12(16)15-13-5-9(6-13)7-13/h2-4,9H,5-7H2,1H3,(H,15,16). The van der Waals surface area contributed by atoms with Gasteiger partial charge in [-0.2, -0.15) is 0 Å². The minimum Gasteiger partial charge on any atom is -0.347 e. The molecule has 0 saturated heterocycles. The smallest absolute Gasteiger partial charge is 0.251 e. The van der Waals surface area contributed by atoms with E-state index in [9.17, 15) is 4.79 Å². The van der Waals surface area contributed by atoms with Crippen LogP contribution in [0.2, 0.25) is 0 Å². The van der Waals surface area contributed by atoms with E-state index in [4.69, 9.17) is 0 Å². The van der Waals surface area contributed by atoms with Gasteiger partial charge in [0.25, 0.3) is 5.91 Å². The molecule has 0 atom stereocenters. The molecule has 0 heterocycles. The van der Waals surface area contributed by atoms with Crippen LogP contribution in [-0.4, -0.2) is 11.4 Å². The number of aryl methyl sites for hydroxylation is 1. The van der Waals surface area contributed by atoms with E-state index in [1.54, 1.807) is 0 Å². The Bertz CT molecular complexity index is 452. The normalized spacial score (nSPS) is 30.2. The second-order valence-corrected chi connectivity index (χ2v) is 6.34. The van der Waals surface area contributed by atoms with E-state index in [1.165, 1.54) is 24.8 Å². The predicted octanol–water partition coefficient (Wildman–Crippen LogP) is 2.88. The van der Waals surface area contributed by atoms with Gasteiger partial charge in [0.05, 0.1) is 0 Å². The van der Waals surface area contributed by atoms with Gasteiger partial charge in [-0.05, 0) is 72.4 Å². The molecule has 4 rings (SSSR count). The van der Waals surface area contributed by atoms with Crippen molar-refractivity contribution in [3.05, 3.63) is 32.9 Å². The summed E-state index contributed by atoms with van der Waals surface area (Å²) in [6.45, 7) is 2.06. The van der Waals surface area contributed by atoms with E-state index in [0.29, 0.717) is 0 Å². The summed E-state index contributed by atoms with van der Waals surface area (Å²) in [5.41, 5.74) is 2.19. The highest BCUT2D eigenvalue weighted by molar-refractivity contribution is 14.1. The van der Waals surface area contributed by atoms with Gasteiger partial charge in [-0.1, -0.05) is 6.07 Å². The third-order valence-electron chi connectivity index (χ3n) is 3.85. The summed E-state index contributed by atoms with van der Waals surface area (Å²) in [5.74, 6) is 0.995. The first-order valence-corrected chi connectivity index (χ1v) is 6.75. The Kier molecular flexibility index (Phi) is 2.28. The van der Waals surface area contributed by atoms with Crippen LogP contribution in [-0.2, 0) is 0 Å². The molecule has 16 heavy (non-hydrogen) atoms. The quantitative estimate of drug-likeness (QED) is 0.832. The van der Waals surface area contributed by atoms with Crippen LogP contribution in [0.15, 0.2) is 18.2 Å². The van der Waals surface area contributed by atoms with Gasteiger partial charge in [0.2, 0.25) is 0 Å². The number of carbonyl (C=O) groups is 1. The number of halogens is 1. The van der Waals surface area contributed by atoms with Gasteiger partial charge in [0, 0.05) is 14.7 Å². The molecule has 0 unspecified atom stereocenters. The van der Waals surface area contributed by atoms with Crippen LogP contribution in [0, 0.1) is 16.4 Å². The van der Waals surface area contributed by atoms with E-state index in [0.717, 1.165) is 15.1 Å². The summed E-state index contributed by atoms with van der Waals surface area (Å²) in [4.78, 5) is 12.0. The van der Waals surface area contributed by atoms with Crippen LogP contribution in [0.4, 0.5) is 0 Å². The lowest BCUT2D eigenvalue weighted by Crippen LogP contribution is -2.68. The second kappa shape index (κ2) is 3.45. The Morgan fingerprint density at radius 3 is 2.62 bits per heavy atom. The topological polar surface area (TPSA) is 29.1 Å². The summed E-state index contributed by atoms with van der Waals surface area (Å²) in [6.07, 6.45) is 3.59. The average molecular weight is 327 g/mol. The molecule has 3 aliphatic rings. The molecule has 84 valence electrons. The van der Waals surface area contributed by atoms with Gasteiger partial charge in [-0.3, -0.25) is 4.79 Å². The van der Waals surface area contributed by atoms with Crippen molar-refractivity contribution >= 4 is 28.5 Å². The average Bonchev–Trinajstić information content (AvgIpc) is 2.13. The molecule has 2 bridgehead atoms. The molecule has 1 N–H and O–H groups in total. The van der Waals surface area contributed by atoms with Gasteiger partial charge >= 0.3 is 0 Å². The number of hydrogen-bond donors (Lipinski definition) is 1. The second-order valence-electron chi connectivity index (χ2n) is 5.18. The maximum atomic E-state index is 12.0. The maximum Gasteiger partial charge on any atom is 0.251 e. The van der Waals surface area contributed by atoms with E-state index in [2.05, 4.69) is 34.8 Å². The molecule has 0 spiro atoms. The molecule has 3 heteroatoms. The van der Waals surface area contributed by atoms with E-state index >= 15 is 0 Å². The fourth-order valence-electron chi connectivity index (χ4n) is 2.68. The SMILES string of the molecule is Cc1ccc(C(=O)NC23CC(C2)C3)cc1I. The van der Waals surface area contributed by atoms with Gasteiger partial charge in [-0.25, -0.2) is 0 Å². The maximum absolute atomic E-state index is 12.0. The van der Waals surface area contributed by atoms with Gasteiger partial charge in [0.1, 0.15) is 0 Å². The van der Waals surface area contributed by atoms with Crippen molar-refractivity contribution in [3.63, 3.8) is 0 Å². The van der Waals surface area contributed by atoms with Gasteiger partial charge < -0.3 is 5.32 Å². The summed E-state index contributed by atoms with van der Waals surface area (Å²) >= 11 is 2.27. The summed E-state index contributed by atoms with van der Waals surface area (Å²) in [6, 6.07) is 5.90. The lowest BCUT2D eigenvalue weighted by molar-refractivity contribution is -0.0438. The van der Waals surface area contributed by atoms with E-state index in [1.807, 2.05) is 18.2 Å². The first kappa shape index (κ1) is 10.6. The zero-order valence-electron chi connectivity index (χ0n) is 9.22. The van der Waals surface area contributed by atoms with E-state index < -0.39 is 0 Å². The highest BCUT2D eigenvalue weighted by Gasteiger charge is 2.57. The number of amides is 1. The van der Waals surface area contributed by atoms with Crippen molar-refractivity contribution in [1.29, 1.82) is 0 Å². The largest absolute Gasteiger partial charge is 0.347 e. The molecule has 0 radical (unpaired) electrons. The van der Waals surface area contributed by atoms with Crippen molar-refractivity contribution < 1.29 is 4.79 Å². The first-order chi connectivity index (χ1) is 7.58. The Labute approximate surface area is 109 Å². The number of benzene rings is 1. The Hall–Kier alpha value is -0.580. The minimum atomic E-state index is 0.0936. The number of carbonyl (C=O) groups excluding carboxylic acids is 1. The monoisotopic (exact) mass is 327 g/mol. The van der Waals surface area contributed by atoms with Crippen LogP contribution >= 0.6 is 22.6 Å². The number of nitrogens with one attached hydrogen (secondary N) is 1. The summed E-state index contributed by atoms with van der Waals surface area (Å²) < 4.78 is 1.16. The highest BCUT2D eigenvalue weighted by Crippen LogP contribution is 2.56. The van der Waals surface area contributed by atoms with Crippen molar-refractivity contribution in [2.24, 2.45) is 5.92 Å². The third kappa shape index (κ3) is 1.56. The number of rotatable bonds is 2. The molecule has 3 fully saturated rings. The number of hydrogen-bond acceptors (Lipinski definition) is 1. The predicted molar refractivity (Wildman–Crippen MR) is 71.4 cm³/mol. The fourth-order valence-corrected chi connectivity index (χ4v) is 3.19. The van der Waals surface area contributed by atoms with Crippen LogP contribution in [0.3, 0.4) is 0 Å². The van der Waals surface area contributed by atoms with Crippen LogP contribution in [0.25, 0.3) is 0 Å². The zero-order chi connectivity index (χ0) is 11.3. The lowest BCUT2D eigenvalue weighted by atomic mass is 9.50. The molecular formula is C13H14INO. The Morgan fingerprint density at radius 1 is 1.44 bits per heavy atom. The molecule has 0 aliphatic heterocycles. The Balaban J connectivity index is 1.75. The lowest BCUT2D eigenvalue weighted by Gasteiger charge is -2.61. The van der Waals surface area contributed by atoms with Gasteiger partial charge in [-0.15, -0.1) is 0 Å². The third-order valence-corrected chi connectivity index (χ3v) is 5.01. The fraction of sp³-hybridized carbons (Fsp3) is 0.462. The van der Waals surface area contributed by atoms with Crippen molar-refractivity contribution in [3.8, 4) is 0 Å². The molecule has 3 saturated carbocycles. The zero-order valence-corrected chi connectivity index (χ0v) is 11.4. The van der Waals surface area contributed by atoms with Crippen LogP contribution < -0.4 is 5.32 Å². The molecule has 1 aromatic carbocycles. The van der Waals surface area contributed by atoms with E-state index in [-0.39, 0.29) is 11.4 Å². The first-order valence-electron chi connectivity index (χ1n) is 5.67. The van der Waals surface area contributed by atoms with Crippen LogP contribution in [0.1, 0.15) is 35.2 Å². The summed E-state index contributed by atoms with van der Waals surface area (Å²) in [7, 11) is 0. The van der Waals surface area contributed by atoms with Crippen molar-refractivity contribution in [2.75, 3.05) is 0 Å². The van der Waals surface area contributed by atoms with Crippen molar-refractivity contribution in [2.45, 2.75) is 31.7 Å². The molecular weight excluding hydrogens is 313 g/mol. The molecule has 1 aromatic rings. The van der Waals surface area contributed by atoms with Crippen molar-refractivity contribution in [1.82, 2.24) is 5.32 Å². The van der Waals surface area contributed by atoms with Crippen LogP contribution in [0.5, 0.6) is 0 Å². The molecule has 0 aromatic heterocycles. The summed E-state index contributed by atoms with van der Waals surface area (Å²) in [5, 5.41) is 3.18. The Morgan fingerprint density at radius 2 is 2.12 bits per heavy atom. The molecule has 3 aliphatic carbocycles. The highest BCUT2D eigenvalue weighted by atomic mass is 127. The molecule has 2 nitrogen and oxygen atoms in total. The minimum absolute atomic E-state index is 0.0936. The molecule has 1 amide bonds.